The molecule has 2 rings (SSSR count). The molecule has 23 heavy (non-hydrogen) atoms. The van der Waals surface area contributed by atoms with Crippen LogP contribution < -0.4 is 11.4 Å². The molecule has 1 aromatic rings. The number of aliphatic hydroxyl groups excluding tert-OH is 2. The highest BCUT2D eigenvalue weighted by Gasteiger charge is 2.45. The van der Waals surface area contributed by atoms with E-state index in [-0.39, 0.29) is 17.7 Å². The minimum atomic E-state index is -1.19. The summed E-state index contributed by atoms with van der Waals surface area (Å²) in [7, 11) is -1.19. The third kappa shape index (κ3) is 4.57. The molecule has 1 saturated heterocycles. The van der Waals surface area contributed by atoms with Gasteiger partial charge in [-0.1, -0.05) is 19.6 Å². The van der Waals surface area contributed by atoms with Crippen LogP contribution in [-0.4, -0.2) is 57.7 Å². The summed E-state index contributed by atoms with van der Waals surface area (Å²) in [5, 5.41) is 19.4. The molecule has 0 aliphatic carbocycles. The Morgan fingerprint density at radius 2 is 2.17 bits per heavy atom. The number of nitrogen functional groups attached to an aromatic ring is 1. The summed E-state index contributed by atoms with van der Waals surface area (Å²) in [4.78, 5) is 15.8. The maximum absolute atomic E-state index is 12.1. The summed E-state index contributed by atoms with van der Waals surface area (Å²) in [6, 6.07) is 2.62. The normalized spacial score (nSPS) is 28.2. The first-order chi connectivity index (χ1) is 10.7. The van der Waals surface area contributed by atoms with Crippen molar-refractivity contribution in [3.63, 3.8) is 0 Å². The lowest BCUT2D eigenvalue weighted by Crippen LogP contribution is -2.35. The molecular formula is C14H25N3O4SSi. The van der Waals surface area contributed by atoms with Crippen molar-refractivity contribution in [2.75, 3.05) is 18.1 Å². The van der Waals surface area contributed by atoms with E-state index in [0.717, 1.165) is 11.8 Å². The Morgan fingerprint density at radius 1 is 1.48 bits per heavy atom. The number of hydrogen-bond donors (Lipinski definition) is 3. The molecule has 0 amide bonds. The Bertz CT molecular complexity index is 592. The van der Waals surface area contributed by atoms with Crippen molar-refractivity contribution in [3.05, 3.63) is 22.7 Å². The van der Waals surface area contributed by atoms with Crippen LogP contribution in [0.15, 0.2) is 17.1 Å². The Labute approximate surface area is 140 Å². The topological polar surface area (TPSA) is 111 Å². The van der Waals surface area contributed by atoms with Gasteiger partial charge in [0.25, 0.3) is 0 Å². The molecule has 0 spiro atoms. The Balaban J connectivity index is 2.19. The average Bonchev–Trinajstić information content (AvgIpc) is 2.75. The Hall–Kier alpha value is -0.873. The number of nitrogens with two attached hydrogens (primary N) is 1. The van der Waals surface area contributed by atoms with E-state index in [0.29, 0.717) is 0 Å². The largest absolute Gasteiger partial charge is 0.394 e. The predicted molar refractivity (Wildman–Crippen MR) is 94.3 cm³/mol. The first-order valence-electron chi connectivity index (χ1n) is 7.63. The van der Waals surface area contributed by atoms with Crippen molar-refractivity contribution in [1.82, 2.24) is 9.55 Å². The van der Waals surface area contributed by atoms with Crippen molar-refractivity contribution in [1.29, 1.82) is 0 Å². The number of ether oxygens (including phenoxy) is 1. The number of anilines is 1. The first-order valence-corrected chi connectivity index (χ1v) is 12.4. The van der Waals surface area contributed by atoms with Gasteiger partial charge in [0.05, 0.1) is 18.0 Å². The van der Waals surface area contributed by atoms with Gasteiger partial charge >= 0.3 is 5.69 Å². The van der Waals surface area contributed by atoms with Gasteiger partial charge in [0.1, 0.15) is 11.9 Å². The van der Waals surface area contributed by atoms with E-state index < -0.39 is 32.2 Å². The van der Waals surface area contributed by atoms with Crippen LogP contribution in [-0.2, 0) is 4.74 Å². The standard InChI is InChI=1S/C14H25N3O4SSi/c1-23(2,3)7-6-22-12-11(19)9(8-18)21-13(12)17-5-4-10(15)16-14(17)20/h4-5,9,11-13,18-19H,6-8H2,1-3H3,(H2,15,16,20)/t9-,11?,12?,13-/m1/s1. The van der Waals surface area contributed by atoms with Gasteiger partial charge in [0.2, 0.25) is 0 Å². The molecule has 0 saturated carbocycles. The molecule has 7 nitrogen and oxygen atoms in total. The van der Waals surface area contributed by atoms with Gasteiger partial charge in [-0.05, 0) is 17.9 Å². The molecule has 1 aliphatic rings. The van der Waals surface area contributed by atoms with E-state index in [9.17, 15) is 15.0 Å². The van der Waals surface area contributed by atoms with E-state index in [1.807, 2.05) is 0 Å². The molecule has 4 N–H and O–H groups in total. The van der Waals surface area contributed by atoms with Crippen LogP contribution in [0.4, 0.5) is 5.82 Å². The number of thioether (sulfide) groups is 1. The quantitative estimate of drug-likeness (QED) is 0.635. The molecule has 1 aromatic heterocycles. The summed E-state index contributed by atoms with van der Waals surface area (Å²) in [6.07, 6.45) is -0.669. The summed E-state index contributed by atoms with van der Waals surface area (Å²) >= 11 is 1.58. The summed E-state index contributed by atoms with van der Waals surface area (Å²) in [5.41, 5.74) is 5.00. The van der Waals surface area contributed by atoms with Gasteiger partial charge in [-0.25, -0.2) is 4.79 Å². The van der Waals surface area contributed by atoms with Crippen LogP contribution >= 0.6 is 11.8 Å². The monoisotopic (exact) mass is 359 g/mol. The van der Waals surface area contributed by atoms with Gasteiger partial charge < -0.3 is 20.7 Å². The van der Waals surface area contributed by atoms with Crippen molar-refractivity contribution in [2.24, 2.45) is 0 Å². The zero-order valence-corrected chi connectivity index (χ0v) is 15.5. The van der Waals surface area contributed by atoms with Crippen LogP contribution in [0, 0.1) is 0 Å². The molecule has 130 valence electrons. The Morgan fingerprint density at radius 3 is 2.74 bits per heavy atom. The molecular weight excluding hydrogens is 334 g/mol. The minimum absolute atomic E-state index is 0.145. The fourth-order valence-corrected chi connectivity index (χ4v) is 6.32. The fraction of sp³-hybridized carbons (Fsp3) is 0.714. The van der Waals surface area contributed by atoms with Crippen LogP contribution in [0.1, 0.15) is 6.23 Å². The molecule has 9 heteroatoms. The van der Waals surface area contributed by atoms with Crippen LogP contribution in [0.2, 0.25) is 25.7 Å². The van der Waals surface area contributed by atoms with E-state index in [1.165, 1.54) is 16.8 Å². The average molecular weight is 360 g/mol. The third-order valence-electron chi connectivity index (χ3n) is 3.78. The molecule has 2 unspecified atom stereocenters. The second kappa shape index (κ2) is 7.35. The van der Waals surface area contributed by atoms with Crippen LogP contribution in [0.25, 0.3) is 0 Å². The second-order valence-corrected chi connectivity index (χ2v) is 13.8. The number of hydrogen-bond acceptors (Lipinski definition) is 7. The van der Waals surface area contributed by atoms with E-state index in [2.05, 4.69) is 24.6 Å². The number of nitrogens with zero attached hydrogens (tertiary/aromatic N) is 2. The van der Waals surface area contributed by atoms with Crippen molar-refractivity contribution < 1.29 is 14.9 Å². The number of aromatic nitrogens is 2. The van der Waals surface area contributed by atoms with Crippen molar-refractivity contribution in [2.45, 2.75) is 49.4 Å². The lowest BCUT2D eigenvalue weighted by atomic mass is 10.2. The molecule has 1 fully saturated rings. The van der Waals surface area contributed by atoms with Gasteiger partial charge in [-0.15, -0.1) is 0 Å². The van der Waals surface area contributed by atoms with Gasteiger partial charge in [-0.2, -0.15) is 16.7 Å². The van der Waals surface area contributed by atoms with Gasteiger partial charge in [0, 0.05) is 14.3 Å². The second-order valence-electron chi connectivity index (χ2n) is 6.93. The van der Waals surface area contributed by atoms with Crippen LogP contribution in [0.5, 0.6) is 0 Å². The zero-order valence-electron chi connectivity index (χ0n) is 13.7. The minimum Gasteiger partial charge on any atom is -0.394 e. The van der Waals surface area contributed by atoms with Crippen LogP contribution in [0.3, 0.4) is 0 Å². The smallest absolute Gasteiger partial charge is 0.351 e. The highest BCUT2D eigenvalue weighted by atomic mass is 32.2. The maximum Gasteiger partial charge on any atom is 0.351 e. The van der Waals surface area contributed by atoms with Crippen molar-refractivity contribution >= 4 is 25.7 Å². The van der Waals surface area contributed by atoms with E-state index in [4.69, 9.17) is 10.5 Å². The number of rotatable bonds is 6. The molecule has 0 radical (unpaired) electrons. The van der Waals surface area contributed by atoms with E-state index >= 15 is 0 Å². The maximum atomic E-state index is 12.1. The molecule has 1 aliphatic heterocycles. The zero-order chi connectivity index (χ0) is 17.2. The molecule has 0 bridgehead atoms. The lowest BCUT2D eigenvalue weighted by molar-refractivity contribution is -0.0456. The number of aliphatic hydroxyl groups is 2. The Kier molecular flexibility index (Phi) is 5.90. The first kappa shape index (κ1) is 18.5. The SMILES string of the molecule is C[Si](C)(C)CCSC1C(O)[C@@H](CO)O[C@H]1n1ccc(N)nc1=O. The molecule has 4 atom stereocenters. The lowest BCUT2D eigenvalue weighted by Gasteiger charge is -2.23. The highest BCUT2D eigenvalue weighted by Crippen LogP contribution is 2.37. The van der Waals surface area contributed by atoms with Gasteiger partial charge in [0.15, 0.2) is 6.23 Å². The summed E-state index contributed by atoms with van der Waals surface area (Å²) in [5.74, 6) is 1.03. The molecule has 0 aromatic carbocycles. The van der Waals surface area contributed by atoms with E-state index in [1.54, 1.807) is 11.8 Å². The molecule has 2 heterocycles. The third-order valence-corrected chi connectivity index (χ3v) is 7.23. The van der Waals surface area contributed by atoms with Gasteiger partial charge in [-0.3, -0.25) is 4.57 Å². The highest BCUT2D eigenvalue weighted by molar-refractivity contribution is 8.00. The summed E-state index contributed by atoms with van der Waals surface area (Å²) < 4.78 is 7.03. The summed E-state index contributed by atoms with van der Waals surface area (Å²) in [6.45, 7) is 6.58. The fourth-order valence-electron chi connectivity index (χ4n) is 2.39. The predicted octanol–water partition coefficient (Wildman–Crippen LogP) is 0.516. The van der Waals surface area contributed by atoms with Crippen molar-refractivity contribution in [3.8, 4) is 0 Å².